The average Bonchev–Trinajstić information content (AvgIpc) is 2.83. The summed E-state index contributed by atoms with van der Waals surface area (Å²) in [5.74, 6) is 3.30. The molecule has 1 aliphatic carbocycles. The van der Waals surface area contributed by atoms with Gasteiger partial charge >= 0.3 is 0 Å². The summed E-state index contributed by atoms with van der Waals surface area (Å²) in [5, 5.41) is 0. The van der Waals surface area contributed by atoms with E-state index in [0.29, 0.717) is 5.92 Å². The highest BCUT2D eigenvalue weighted by molar-refractivity contribution is 5.19. The van der Waals surface area contributed by atoms with Gasteiger partial charge in [-0.15, -0.1) is 0 Å². The Hall–Kier alpha value is -1.09. The first kappa shape index (κ1) is 14.8. The summed E-state index contributed by atoms with van der Waals surface area (Å²) in [7, 11) is 0. The van der Waals surface area contributed by atoms with Crippen LogP contribution in [0.3, 0.4) is 0 Å². The van der Waals surface area contributed by atoms with Crippen molar-refractivity contribution in [1.82, 2.24) is 14.9 Å². The van der Waals surface area contributed by atoms with Gasteiger partial charge in [0.2, 0.25) is 0 Å². The van der Waals surface area contributed by atoms with Crippen LogP contribution in [0.15, 0.2) is 12.2 Å². The normalized spacial score (nSPS) is 28.1. The lowest BCUT2D eigenvalue weighted by molar-refractivity contribution is 0.183. The summed E-state index contributed by atoms with van der Waals surface area (Å²) in [4.78, 5) is 11.0. The molecule has 3 nitrogen and oxygen atoms in total. The van der Waals surface area contributed by atoms with E-state index in [9.17, 15) is 0 Å². The summed E-state index contributed by atoms with van der Waals surface area (Å²) in [6.07, 6.45) is 9.86. The van der Waals surface area contributed by atoms with Gasteiger partial charge in [0.05, 0.1) is 5.69 Å². The van der Waals surface area contributed by atoms with Gasteiger partial charge in [-0.3, -0.25) is 4.90 Å². The number of likely N-dealkylation sites (tertiary alicyclic amines) is 1. The minimum atomic E-state index is 0.495. The quantitative estimate of drug-likeness (QED) is 0.852. The van der Waals surface area contributed by atoms with E-state index in [0.717, 1.165) is 18.4 Å². The molecule has 21 heavy (non-hydrogen) atoms. The standard InChI is InChI=1S/C18H29N3/c1-13-4-6-16(7-5-13)18-19-15(3)17(20-18)12-21-10-8-14(2)9-11-21/h4,6,13-14,16H,5,7-12H2,1-3H3,(H,19,20). The zero-order valence-electron chi connectivity index (χ0n) is 13.7. The van der Waals surface area contributed by atoms with Crippen LogP contribution in [-0.2, 0) is 6.54 Å². The topological polar surface area (TPSA) is 31.9 Å². The van der Waals surface area contributed by atoms with E-state index in [1.807, 2.05) is 0 Å². The summed E-state index contributed by atoms with van der Waals surface area (Å²) < 4.78 is 0. The van der Waals surface area contributed by atoms with Crippen LogP contribution in [0.25, 0.3) is 0 Å². The Labute approximate surface area is 128 Å². The monoisotopic (exact) mass is 287 g/mol. The van der Waals surface area contributed by atoms with Gasteiger partial charge in [-0.2, -0.15) is 0 Å². The molecule has 0 aromatic carbocycles. The highest BCUT2D eigenvalue weighted by atomic mass is 15.1. The highest BCUT2D eigenvalue weighted by Crippen LogP contribution is 2.29. The lowest BCUT2D eigenvalue weighted by Crippen LogP contribution is -2.32. The van der Waals surface area contributed by atoms with E-state index in [-0.39, 0.29) is 0 Å². The van der Waals surface area contributed by atoms with Gasteiger partial charge < -0.3 is 4.98 Å². The van der Waals surface area contributed by atoms with Crippen LogP contribution in [0.2, 0.25) is 0 Å². The predicted octanol–water partition coefficient (Wildman–Crippen LogP) is 4.02. The second-order valence-corrected chi connectivity index (χ2v) is 7.20. The molecule has 0 bridgehead atoms. The number of nitrogens with zero attached hydrogens (tertiary/aromatic N) is 2. The van der Waals surface area contributed by atoms with Crippen molar-refractivity contribution in [3.05, 3.63) is 29.4 Å². The Kier molecular flexibility index (Phi) is 4.48. The largest absolute Gasteiger partial charge is 0.345 e. The fourth-order valence-electron chi connectivity index (χ4n) is 3.47. The molecule has 1 fully saturated rings. The van der Waals surface area contributed by atoms with Gasteiger partial charge in [-0.1, -0.05) is 26.0 Å². The summed E-state index contributed by atoms with van der Waals surface area (Å²) >= 11 is 0. The number of aryl methyl sites for hydroxylation is 1. The van der Waals surface area contributed by atoms with Gasteiger partial charge in [0.1, 0.15) is 5.82 Å². The number of rotatable bonds is 3. The predicted molar refractivity (Wildman–Crippen MR) is 87.3 cm³/mol. The fraction of sp³-hybridized carbons (Fsp3) is 0.722. The maximum Gasteiger partial charge on any atom is 0.113 e. The molecule has 3 rings (SSSR count). The Morgan fingerprint density at radius 3 is 2.57 bits per heavy atom. The van der Waals surface area contributed by atoms with Crippen LogP contribution in [0.1, 0.15) is 62.7 Å². The van der Waals surface area contributed by atoms with Gasteiger partial charge in [0.15, 0.2) is 0 Å². The van der Waals surface area contributed by atoms with Crippen molar-refractivity contribution in [2.45, 2.75) is 58.9 Å². The minimum Gasteiger partial charge on any atom is -0.345 e. The Morgan fingerprint density at radius 2 is 1.90 bits per heavy atom. The van der Waals surface area contributed by atoms with Crippen LogP contribution >= 0.6 is 0 Å². The number of hydrogen-bond acceptors (Lipinski definition) is 2. The third-order valence-corrected chi connectivity index (χ3v) is 5.21. The Balaban J connectivity index is 1.65. The molecule has 1 N–H and O–H groups in total. The number of aromatic amines is 1. The van der Waals surface area contributed by atoms with Gasteiger partial charge in [-0.05, 0) is 57.5 Å². The molecule has 2 aliphatic rings. The van der Waals surface area contributed by atoms with Crippen LogP contribution in [0.5, 0.6) is 0 Å². The minimum absolute atomic E-state index is 0.495. The molecule has 1 saturated heterocycles. The van der Waals surface area contributed by atoms with E-state index in [4.69, 9.17) is 4.98 Å². The second-order valence-electron chi connectivity index (χ2n) is 7.20. The molecular weight excluding hydrogens is 258 g/mol. The van der Waals surface area contributed by atoms with E-state index >= 15 is 0 Å². The Bertz CT molecular complexity index is 495. The van der Waals surface area contributed by atoms with Gasteiger partial charge in [-0.25, -0.2) is 4.98 Å². The molecule has 1 aromatic heterocycles. The number of piperidine rings is 1. The first-order valence-electron chi connectivity index (χ1n) is 8.58. The van der Waals surface area contributed by atoms with Crippen molar-refractivity contribution in [3.63, 3.8) is 0 Å². The molecule has 2 atom stereocenters. The van der Waals surface area contributed by atoms with Crippen molar-refractivity contribution in [3.8, 4) is 0 Å². The number of imidazole rings is 1. The highest BCUT2D eigenvalue weighted by Gasteiger charge is 2.21. The average molecular weight is 287 g/mol. The smallest absolute Gasteiger partial charge is 0.113 e. The van der Waals surface area contributed by atoms with Crippen molar-refractivity contribution in [2.24, 2.45) is 11.8 Å². The number of nitrogens with one attached hydrogen (secondary N) is 1. The lowest BCUT2D eigenvalue weighted by Gasteiger charge is -2.29. The van der Waals surface area contributed by atoms with E-state index in [1.165, 1.54) is 56.0 Å². The molecular formula is C18H29N3. The van der Waals surface area contributed by atoms with E-state index < -0.39 is 0 Å². The lowest BCUT2D eigenvalue weighted by atomic mass is 9.89. The van der Waals surface area contributed by atoms with Crippen molar-refractivity contribution >= 4 is 0 Å². The molecule has 0 saturated carbocycles. The summed E-state index contributed by atoms with van der Waals surface area (Å²) in [6.45, 7) is 10.3. The molecule has 0 spiro atoms. The first-order valence-corrected chi connectivity index (χ1v) is 8.58. The van der Waals surface area contributed by atoms with E-state index in [1.54, 1.807) is 0 Å². The van der Waals surface area contributed by atoms with E-state index in [2.05, 4.69) is 42.8 Å². The number of allylic oxidation sites excluding steroid dienone is 2. The molecule has 0 amide bonds. The van der Waals surface area contributed by atoms with Crippen LogP contribution in [0.4, 0.5) is 0 Å². The molecule has 2 unspecified atom stereocenters. The first-order chi connectivity index (χ1) is 10.1. The zero-order chi connectivity index (χ0) is 14.8. The maximum absolute atomic E-state index is 4.92. The molecule has 3 heteroatoms. The number of aromatic nitrogens is 2. The van der Waals surface area contributed by atoms with Crippen molar-refractivity contribution < 1.29 is 0 Å². The summed E-state index contributed by atoms with van der Waals surface area (Å²) in [6, 6.07) is 0. The molecule has 1 aromatic rings. The third-order valence-electron chi connectivity index (χ3n) is 5.21. The fourth-order valence-corrected chi connectivity index (χ4v) is 3.47. The summed E-state index contributed by atoms with van der Waals surface area (Å²) in [5.41, 5.74) is 2.52. The molecule has 2 heterocycles. The number of hydrogen-bond donors (Lipinski definition) is 1. The number of H-pyrrole nitrogens is 1. The van der Waals surface area contributed by atoms with Gasteiger partial charge in [0, 0.05) is 18.2 Å². The van der Waals surface area contributed by atoms with Crippen molar-refractivity contribution in [1.29, 1.82) is 0 Å². The third kappa shape index (κ3) is 3.57. The molecule has 116 valence electrons. The Morgan fingerprint density at radius 1 is 1.14 bits per heavy atom. The second kappa shape index (κ2) is 6.35. The zero-order valence-corrected chi connectivity index (χ0v) is 13.7. The SMILES string of the molecule is Cc1[nH]c(C2C=CC(C)CC2)nc1CN1CCC(C)CC1. The molecule has 0 radical (unpaired) electrons. The van der Waals surface area contributed by atoms with Gasteiger partial charge in [0.25, 0.3) is 0 Å². The van der Waals surface area contributed by atoms with Crippen LogP contribution in [-0.4, -0.2) is 28.0 Å². The molecule has 1 aliphatic heterocycles. The van der Waals surface area contributed by atoms with Crippen LogP contribution < -0.4 is 0 Å². The van der Waals surface area contributed by atoms with Crippen LogP contribution in [0, 0.1) is 18.8 Å². The maximum atomic E-state index is 4.92. The van der Waals surface area contributed by atoms with Crippen molar-refractivity contribution in [2.75, 3.05) is 13.1 Å².